The first-order valence-electron chi connectivity index (χ1n) is 13.3. The fraction of sp³-hybridized carbons (Fsp3) is 0.333. The number of hydrogen-bond donors (Lipinski definition) is 2. The summed E-state index contributed by atoms with van der Waals surface area (Å²) in [6, 6.07) is 16.8. The summed E-state index contributed by atoms with van der Waals surface area (Å²) in [6.45, 7) is 6.20. The molecule has 4 aromatic rings. The maximum atomic E-state index is 12.7. The summed E-state index contributed by atoms with van der Waals surface area (Å²) in [6.07, 6.45) is 4.82. The summed E-state index contributed by atoms with van der Waals surface area (Å²) in [4.78, 5) is 26.9. The molecule has 208 valence electrons. The monoisotopic (exact) mass is 559 g/mol. The Kier molecular flexibility index (Phi) is 7.82. The topological polar surface area (TPSA) is 123 Å². The lowest BCUT2D eigenvalue weighted by Crippen LogP contribution is -2.46. The Bertz CT molecular complexity index is 1660. The molecule has 0 bridgehead atoms. The first-order valence-corrected chi connectivity index (χ1v) is 15.2. The Morgan fingerprint density at radius 3 is 2.52 bits per heavy atom. The van der Waals surface area contributed by atoms with Gasteiger partial charge in [-0.05, 0) is 75.6 Å². The average Bonchev–Trinajstić information content (AvgIpc) is 2.90. The number of aromatic nitrogens is 3. The number of piperidine rings is 1. The summed E-state index contributed by atoms with van der Waals surface area (Å²) in [5.41, 5.74) is 3.63. The van der Waals surface area contributed by atoms with Crippen LogP contribution >= 0.6 is 0 Å². The molecular weight excluding hydrogens is 526 g/mol. The van der Waals surface area contributed by atoms with Gasteiger partial charge in [-0.2, -0.15) is 0 Å². The number of fused-ring (bicyclic) bond motifs is 1. The minimum Gasteiger partial charge on any atom is -0.474 e. The van der Waals surface area contributed by atoms with Gasteiger partial charge in [0.2, 0.25) is 5.88 Å². The van der Waals surface area contributed by atoms with Crippen molar-refractivity contribution in [1.82, 2.24) is 25.6 Å². The number of benzene rings is 1. The van der Waals surface area contributed by atoms with Gasteiger partial charge in [-0.25, -0.2) is 18.4 Å². The number of carbonyl (C=O) groups excluding carboxylic acids is 1. The van der Waals surface area contributed by atoms with Crippen LogP contribution in [0, 0.1) is 6.92 Å². The molecule has 3 aromatic heterocycles. The van der Waals surface area contributed by atoms with Gasteiger partial charge in [-0.15, -0.1) is 0 Å². The number of ether oxygens (including phenoxy) is 1. The summed E-state index contributed by atoms with van der Waals surface area (Å²) in [7, 11) is -3.44. The lowest BCUT2D eigenvalue weighted by atomic mass is 9.98. The van der Waals surface area contributed by atoms with E-state index in [-0.39, 0.29) is 29.0 Å². The van der Waals surface area contributed by atoms with Gasteiger partial charge in [0.05, 0.1) is 34.0 Å². The Morgan fingerprint density at radius 2 is 1.77 bits per heavy atom. The molecule has 4 heterocycles. The maximum absolute atomic E-state index is 12.7. The molecule has 2 N–H and O–H groups in total. The van der Waals surface area contributed by atoms with Crippen molar-refractivity contribution in [3.63, 3.8) is 0 Å². The second-order valence-corrected chi connectivity index (χ2v) is 12.5. The van der Waals surface area contributed by atoms with E-state index in [2.05, 4.69) is 29.5 Å². The highest BCUT2D eigenvalue weighted by atomic mass is 32.2. The van der Waals surface area contributed by atoms with Gasteiger partial charge in [0.1, 0.15) is 6.10 Å². The molecule has 0 saturated carbocycles. The maximum Gasteiger partial charge on any atom is 0.251 e. The number of hydrogen-bond acceptors (Lipinski definition) is 8. The van der Waals surface area contributed by atoms with Crippen molar-refractivity contribution in [2.75, 3.05) is 6.26 Å². The normalized spacial score (nSPS) is 19.4. The molecule has 2 unspecified atom stereocenters. The van der Waals surface area contributed by atoms with Gasteiger partial charge in [-0.3, -0.25) is 9.78 Å². The highest BCUT2D eigenvalue weighted by molar-refractivity contribution is 7.90. The molecular formula is C30H33N5O4S. The number of sulfone groups is 1. The highest BCUT2D eigenvalue weighted by Gasteiger charge is 2.25. The number of rotatable bonds is 7. The van der Waals surface area contributed by atoms with Crippen molar-refractivity contribution in [2.45, 2.75) is 63.2 Å². The van der Waals surface area contributed by atoms with Crippen LogP contribution in [0.4, 0.5) is 0 Å². The molecule has 1 saturated heterocycles. The van der Waals surface area contributed by atoms with Crippen LogP contribution in [0.25, 0.3) is 22.3 Å². The van der Waals surface area contributed by atoms with Crippen molar-refractivity contribution < 1.29 is 17.9 Å². The van der Waals surface area contributed by atoms with E-state index in [9.17, 15) is 13.2 Å². The van der Waals surface area contributed by atoms with Crippen LogP contribution in [-0.4, -0.2) is 53.7 Å². The smallest absolute Gasteiger partial charge is 0.251 e. The van der Waals surface area contributed by atoms with E-state index >= 15 is 0 Å². The van der Waals surface area contributed by atoms with Crippen molar-refractivity contribution in [2.24, 2.45) is 0 Å². The van der Waals surface area contributed by atoms with Crippen molar-refractivity contribution in [1.29, 1.82) is 0 Å². The predicted molar refractivity (Wildman–Crippen MR) is 154 cm³/mol. The Morgan fingerprint density at radius 1 is 1.02 bits per heavy atom. The molecule has 5 rings (SSSR count). The van der Waals surface area contributed by atoms with Crippen LogP contribution in [0.1, 0.15) is 48.3 Å². The SMILES string of the molecule is Cc1ccc(C(=O)NCc2cc3nc(-c4cccc(OC5CC(C)NC(C)C5)n4)ccc3cn2)cc1S(C)(=O)=O. The van der Waals surface area contributed by atoms with Crippen molar-refractivity contribution >= 4 is 26.6 Å². The minimum atomic E-state index is -3.44. The van der Waals surface area contributed by atoms with Crippen LogP contribution in [0.3, 0.4) is 0 Å². The van der Waals surface area contributed by atoms with Crippen molar-refractivity contribution in [3.8, 4) is 17.3 Å². The number of pyridine rings is 3. The zero-order chi connectivity index (χ0) is 28.4. The summed E-state index contributed by atoms with van der Waals surface area (Å²) in [5, 5.41) is 7.21. The first-order chi connectivity index (χ1) is 19.0. The molecule has 1 aromatic carbocycles. The van der Waals surface area contributed by atoms with Crippen molar-refractivity contribution in [3.05, 3.63) is 77.6 Å². The fourth-order valence-electron chi connectivity index (χ4n) is 5.11. The zero-order valence-corrected chi connectivity index (χ0v) is 23.8. The third-order valence-corrected chi connectivity index (χ3v) is 8.22. The van der Waals surface area contributed by atoms with Gasteiger partial charge in [0, 0.05) is 41.6 Å². The molecule has 40 heavy (non-hydrogen) atoms. The Labute approximate surface area is 234 Å². The van der Waals surface area contributed by atoms with E-state index in [4.69, 9.17) is 14.7 Å². The molecule has 9 nitrogen and oxygen atoms in total. The largest absolute Gasteiger partial charge is 0.474 e. The van der Waals surface area contributed by atoms with Crippen LogP contribution < -0.4 is 15.4 Å². The molecule has 0 spiro atoms. The summed E-state index contributed by atoms with van der Waals surface area (Å²) in [5.74, 6) is 0.200. The molecule has 10 heteroatoms. The van der Waals surface area contributed by atoms with Gasteiger partial charge in [-0.1, -0.05) is 12.1 Å². The van der Waals surface area contributed by atoms with Crippen LogP contribution in [0.2, 0.25) is 0 Å². The van der Waals surface area contributed by atoms with Gasteiger partial charge >= 0.3 is 0 Å². The van der Waals surface area contributed by atoms with E-state index < -0.39 is 9.84 Å². The number of amides is 1. The van der Waals surface area contributed by atoms with E-state index in [1.807, 2.05) is 36.4 Å². The molecule has 1 aliphatic rings. The molecule has 0 radical (unpaired) electrons. The number of carbonyl (C=O) groups is 1. The number of nitrogens with zero attached hydrogens (tertiary/aromatic N) is 3. The standard InChI is InChI=1S/C30H33N5O4S/c1-18-8-9-21(14-28(18)40(4,37)38)30(36)32-17-23-15-27-22(16-31-23)10-11-26(34-27)25-6-5-7-29(35-25)39-24-12-19(2)33-20(3)13-24/h5-11,14-16,19-20,24,33H,12-13,17H2,1-4H3,(H,32,36). The minimum absolute atomic E-state index is 0.111. The molecule has 2 atom stereocenters. The van der Waals surface area contributed by atoms with E-state index in [0.717, 1.165) is 30.0 Å². The van der Waals surface area contributed by atoms with Gasteiger partial charge < -0.3 is 15.4 Å². The second kappa shape index (κ2) is 11.3. The predicted octanol–water partition coefficient (Wildman–Crippen LogP) is 4.24. The third-order valence-electron chi connectivity index (χ3n) is 6.99. The van der Waals surface area contributed by atoms with E-state index in [1.54, 1.807) is 25.3 Å². The highest BCUT2D eigenvalue weighted by Crippen LogP contribution is 2.24. The second-order valence-electron chi connectivity index (χ2n) is 10.5. The zero-order valence-electron chi connectivity index (χ0n) is 23.0. The van der Waals surface area contributed by atoms with E-state index in [1.165, 1.54) is 6.07 Å². The van der Waals surface area contributed by atoms with Gasteiger partial charge in [0.25, 0.3) is 5.91 Å². The Balaban J connectivity index is 1.31. The molecule has 1 amide bonds. The number of nitrogens with one attached hydrogen (secondary N) is 2. The molecule has 1 fully saturated rings. The molecule has 1 aliphatic heterocycles. The van der Waals surface area contributed by atoms with Gasteiger partial charge in [0.15, 0.2) is 9.84 Å². The lowest BCUT2D eigenvalue weighted by Gasteiger charge is -2.32. The number of aryl methyl sites for hydroxylation is 1. The first kappa shape index (κ1) is 27.7. The molecule has 0 aliphatic carbocycles. The average molecular weight is 560 g/mol. The fourth-order valence-corrected chi connectivity index (χ4v) is 6.10. The summed E-state index contributed by atoms with van der Waals surface area (Å²) >= 11 is 0. The lowest BCUT2D eigenvalue weighted by molar-refractivity contribution is 0.0950. The van der Waals surface area contributed by atoms with E-state index in [0.29, 0.717) is 40.6 Å². The van der Waals surface area contributed by atoms with Crippen LogP contribution in [-0.2, 0) is 16.4 Å². The van der Waals surface area contributed by atoms with Crippen LogP contribution in [0.5, 0.6) is 5.88 Å². The quantitative estimate of drug-likeness (QED) is 0.345. The third kappa shape index (κ3) is 6.46. The van der Waals surface area contributed by atoms with Crippen LogP contribution in [0.15, 0.2) is 65.7 Å². The Hall–Kier alpha value is -3.89. The summed E-state index contributed by atoms with van der Waals surface area (Å²) < 4.78 is 30.3.